The summed E-state index contributed by atoms with van der Waals surface area (Å²) >= 11 is 0. The molecule has 1 fully saturated rings. The van der Waals surface area contributed by atoms with E-state index in [0.29, 0.717) is 0 Å². The van der Waals surface area contributed by atoms with Gasteiger partial charge < -0.3 is 4.90 Å². The molecule has 150 valence electrons. The van der Waals surface area contributed by atoms with Crippen molar-refractivity contribution in [2.75, 3.05) is 32.1 Å². The lowest BCUT2D eigenvalue weighted by Gasteiger charge is -2.30. The van der Waals surface area contributed by atoms with Gasteiger partial charge in [0.2, 0.25) is 0 Å². The van der Waals surface area contributed by atoms with Gasteiger partial charge in [0.15, 0.2) is 0 Å². The first-order valence-electron chi connectivity index (χ1n) is 10.7. The van der Waals surface area contributed by atoms with Gasteiger partial charge in [0.1, 0.15) is 0 Å². The molecular formula is C26H31N2P. The molecule has 1 heterocycles. The van der Waals surface area contributed by atoms with Crippen LogP contribution in [0.15, 0.2) is 78.9 Å². The molecule has 1 saturated heterocycles. The van der Waals surface area contributed by atoms with Crippen molar-refractivity contribution >= 4 is 29.5 Å². The monoisotopic (exact) mass is 402 g/mol. The molecule has 0 bridgehead atoms. The first kappa shape index (κ1) is 20.1. The topological polar surface area (TPSA) is 6.48 Å². The van der Waals surface area contributed by atoms with E-state index in [9.17, 15) is 0 Å². The second-order valence-electron chi connectivity index (χ2n) is 8.05. The van der Waals surface area contributed by atoms with Crippen LogP contribution in [-0.2, 0) is 6.54 Å². The van der Waals surface area contributed by atoms with Gasteiger partial charge in [0.05, 0.1) is 0 Å². The minimum absolute atomic E-state index is 0.588. The van der Waals surface area contributed by atoms with Crippen molar-refractivity contribution in [3.05, 3.63) is 84.4 Å². The summed E-state index contributed by atoms with van der Waals surface area (Å²) in [5.74, 6) is 0. The Labute approximate surface area is 176 Å². The predicted octanol–water partition coefficient (Wildman–Crippen LogP) is 4.50. The van der Waals surface area contributed by atoms with Crippen molar-refractivity contribution in [2.45, 2.75) is 25.8 Å². The van der Waals surface area contributed by atoms with Crippen LogP contribution < -0.4 is 20.8 Å². The molecule has 0 radical (unpaired) electrons. The molecule has 29 heavy (non-hydrogen) atoms. The molecule has 1 aliphatic rings. The Bertz CT molecular complexity index is 863. The van der Waals surface area contributed by atoms with E-state index in [0.717, 1.165) is 6.54 Å². The maximum absolute atomic E-state index is 2.64. The third kappa shape index (κ3) is 4.89. The molecule has 2 nitrogen and oxygen atoms in total. The van der Waals surface area contributed by atoms with Crippen molar-refractivity contribution in [3.63, 3.8) is 0 Å². The summed E-state index contributed by atoms with van der Waals surface area (Å²) in [5, 5.41) is 4.34. The van der Waals surface area contributed by atoms with E-state index in [-0.39, 0.29) is 0 Å². The largest absolute Gasteiger partial charge is 0.378 e. The minimum atomic E-state index is -0.588. The van der Waals surface area contributed by atoms with Gasteiger partial charge >= 0.3 is 0 Å². The van der Waals surface area contributed by atoms with Crippen LogP contribution in [0.25, 0.3) is 0 Å². The highest BCUT2D eigenvalue weighted by Crippen LogP contribution is 2.36. The lowest BCUT2D eigenvalue weighted by molar-refractivity contribution is 0.221. The zero-order valence-electron chi connectivity index (χ0n) is 17.6. The summed E-state index contributed by atoms with van der Waals surface area (Å²) < 4.78 is 0. The van der Waals surface area contributed by atoms with Gasteiger partial charge in [-0.25, -0.2) is 0 Å². The van der Waals surface area contributed by atoms with Crippen molar-refractivity contribution < 1.29 is 0 Å². The molecule has 3 heteroatoms. The lowest BCUT2D eigenvalue weighted by Crippen LogP contribution is -2.32. The first-order valence-corrected chi connectivity index (χ1v) is 12.0. The number of rotatable bonds is 6. The number of nitrogens with zero attached hydrogens (tertiary/aromatic N) is 2. The van der Waals surface area contributed by atoms with Crippen LogP contribution in [0.2, 0.25) is 0 Å². The van der Waals surface area contributed by atoms with Crippen LogP contribution in [0, 0.1) is 0 Å². The highest BCUT2D eigenvalue weighted by Gasteiger charge is 2.22. The number of anilines is 1. The molecule has 0 atom stereocenters. The predicted molar refractivity (Wildman–Crippen MR) is 129 cm³/mol. The van der Waals surface area contributed by atoms with Gasteiger partial charge in [0, 0.05) is 26.3 Å². The second kappa shape index (κ2) is 9.57. The number of piperidine rings is 1. The fraction of sp³-hybridized carbons (Fsp3) is 0.308. The van der Waals surface area contributed by atoms with Crippen LogP contribution in [-0.4, -0.2) is 32.1 Å². The number of benzene rings is 3. The molecule has 3 aromatic rings. The maximum Gasteiger partial charge on any atom is 0.0367 e. The van der Waals surface area contributed by atoms with Gasteiger partial charge in [0.25, 0.3) is 0 Å². The molecule has 0 N–H and O–H groups in total. The van der Waals surface area contributed by atoms with Crippen LogP contribution in [0.3, 0.4) is 0 Å². The normalized spacial score (nSPS) is 14.9. The summed E-state index contributed by atoms with van der Waals surface area (Å²) in [4.78, 5) is 4.86. The summed E-state index contributed by atoms with van der Waals surface area (Å²) in [6.07, 6.45) is 4.04. The summed E-state index contributed by atoms with van der Waals surface area (Å²) in [5.41, 5.74) is 2.76. The number of likely N-dealkylation sites (tertiary alicyclic amines) is 1. The molecular weight excluding hydrogens is 371 g/mol. The zero-order valence-corrected chi connectivity index (χ0v) is 18.5. The van der Waals surface area contributed by atoms with E-state index in [4.69, 9.17) is 0 Å². The van der Waals surface area contributed by atoms with Crippen LogP contribution in [0.1, 0.15) is 24.8 Å². The van der Waals surface area contributed by atoms with Crippen molar-refractivity contribution in [1.29, 1.82) is 0 Å². The zero-order chi connectivity index (χ0) is 20.1. The molecule has 4 rings (SSSR count). The Balaban J connectivity index is 1.82. The van der Waals surface area contributed by atoms with E-state index in [1.54, 1.807) is 0 Å². The lowest BCUT2D eigenvalue weighted by atomic mass is 10.1. The second-order valence-corrected chi connectivity index (χ2v) is 10.2. The van der Waals surface area contributed by atoms with E-state index in [1.807, 2.05) is 0 Å². The van der Waals surface area contributed by atoms with Crippen LogP contribution >= 0.6 is 7.92 Å². The van der Waals surface area contributed by atoms with Crippen LogP contribution in [0.5, 0.6) is 0 Å². The van der Waals surface area contributed by atoms with E-state index in [2.05, 4.69) is 103 Å². The standard InChI is InChI=1S/C26H31N2P/c1-27(2)23-17-16-22(21-28-18-10-5-11-19-28)26(20-23)29(24-12-6-3-7-13-24)25-14-8-4-9-15-25/h3-4,6-9,12-17,20H,5,10-11,18-19,21H2,1-2H3. The molecule has 0 aromatic heterocycles. The summed E-state index contributed by atoms with van der Waals surface area (Å²) in [6.45, 7) is 3.51. The molecule has 0 unspecified atom stereocenters. The van der Waals surface area contributed by atoms with Gasteiger partial charge in [-0.3, -0.25) is 4.90 Å². The first-order chi connectivity index (χ1) is 14.2. The Kier molecular flexibility index (Phi) is 6.64. The molecule has 0 saturated carbocycles. The minimum Gasteiger partial charge on any atom is -0.378 e. The number of hydrogen-bond donors (Lipinski definition) is 0. The molecule has 1 aliphatic heterocycles. The van der Waals surface area contributed by atoms with Crippen molar-refractivity contribution in [3.8, 4) is 0 Å². The maximum atomic E-state index is 2.64. The van der Waals surface area contributed by atoms with Crippen molar-refractivity contribution in [2.24, 2.45) is 0 Å². The smallest absolute Gasteiger partial charge is 0.0367 e. The Morgan fingerprint density at radius 3 is 1.90 bits per heavy atom. The highest BCUT2D eigenvalue weighted by atomic mass is 31.1. The summed E-state index contributed by atoms with van der Waals surface area (Å²) in [7, 11) is 3.68. The highest BCUT2D eigenvalue weighted by molar-refractivity contribution is 7.79. The van der Waals surface area contributed by atoms with Gasteiger partial charge in [-0.1, -0.05) is 73.2 Å². The molecule has 3 aromatic carbocycles. The fourth-order valence-electron chi connectivity index (χ4n) is 4.11. The quantitative estimate of drug-likeness (QED) is 0.561. The van der Waals surface area contributed by atoms with Crippen LogP contribution in [0.4, 0.5) is 5.69 Å². The third-order valence-corrected chi connectivity index (χ3v) is 8.22. The summed E-state index contributed by atoms with van der Waals surface area (Å²) in [6, 6.07) is 29.2. The average molecular weight is 403 g/mol. The molecule has 0 amide bonds. The van der Waals surface area contributed by atoms with E-state index < -0.39 is 7.92 Å². The van der Waals surface area contributed by atoms with Gasteiger partial charge in [-0.2, -0.15) is 0 Å². The molecule has 0 spiro atoms. The fourth-order valence-corrected chi connectivity index (χ4v) is 6.60. The van der Waals surface area contributed by atoms with Crippen molar-refractivity contribution in [1.82, 2.24) is 4.90 Å². The van der Waals surface area contributed by atoms with E-state index in [1.165, 1.54) is 59.5 Å². The van der Waals surface area contributed by atoms with Gasteiger partial charge in [-0.15, -0.1) is 0 Å². The Hall–Kier alpha value is -2.15. The number of hydrogen-bond acceptors (Lipinski definition) is 2. The van der Waals surface area contributed by atoms with E-state index >= 15 is 0 Å². The Morgan fingerprint density at radius 2 is 1.34 bits per heavy atom. The third-order valence-electron chi connectivity index (χ3n) is 5.70. The average Bonchev–Trinajstić information content (AvgIpc) is 2.77. The SMILES string of the molecule is CN(C)c1ccc(CN2CCCCC2)c(P(c2ccccc2)c2ccccc2)c1. The van der Waals surface area contributed by atoms with Gasteiger partial charge in [-0.05, 0) is 67.5 Å². The Morgan fingerprint density at radius 1 is 0.759 bits per heavy atom. The molecule has 0 aliphatic carbocycles.